The molecule has 0 aliphatic heterocycles. The van der Waals surface area contributed by atoms with Gasteiger partial charge in [0.15, 0.2) is 11.6 Å². The molecule has 1 atom stereocenters. The molecule has 0 spiro atoms. The molecule has 1 fully saturated rings. The second-order valence-electron chi connectivity index (χ2n) is 4.52. The number of hydrogen-bond donors (Lipinski definition) is 0. The third kappa shape index (κ3) is 4.03. The van der Waals surface area contributed by atoms with E-state index in [0.29, 0.717) is 0 Å². The fourth-order valence-corrected chi connectivity index (χ4v) is 3.26. The summed E-state index contributed by atoms with van der Waals surface area (Å²) < 4.78 is 41.2. The van der Waals surface area contributed by atoms with Crippen LogP contribution < -0.4 is 4.52 Å². The zero-order chi connectivity index (χ0) is 13.7. The molecule has 106 valence electrons. The van der Waals surface area contributed by atoms with Gasteiger partial charge in [0.2, 0.25) is 0 Å². The number of halogens is 1. The molecule has 4 nitrogen and oxygen atoms in total. The van der Waals surface area contributed by atoms with Gasteiger partial charge in [-0.3, -0.25) is 9.05 Å². The number of hydrogen-bond acceptors (Lipinski definition) is 4. The molecule has 0 heterocycles. The van der Waals surface area contributed by atoms with Crippen LogP contribution in [0.15, 0.2) is 24.3 Å². The van der Waals surface area contributed by atoms with Gasteiger partial charge in [-0.1, -0.05) is 31.4 Å². The Morgan fingerprint density at radius 3 is 2.53 bits per heavy atom. The van der Waals surface area contributed by atoms with Crippen LogP contribution in [-0.4, -0.2) is 13.2 Å². The van der Waals surface area contributed by atoms with Crippen LogP contribution >= 0.6 is 7.82 Å². The Morgan fingerprint density at radius 2 is 1.89 bits per heavy atom. The van der Waals surface area contributed by atoms with Crippen molar-refractivity contribution < 1.29 is 22.5 Å². The lowest BCUT2D eigenvalue weighted by Gasteiger charge is -2.25. The van der Waals surface area contributed by atoms with Gasteiger partial charge in [0.1, 0.15) is 0 Å². The Kier molecular flexibility index (Phi) is 4.97. The summed E-state index contributed by atoms with van der Waals surface area (Å²) in [6, 6.07) is 5.75. The number of phosphoric ester groups is 1. The Hall–Kier alpha value is -0.900. The lowest BCUT2D eigenvalue weighted by atomic mass is 9.98. The van der Waals surface area contributed by atoms with Crippen LogP contribution in [-0.2, 0) is 13.6 Å². The summed E-state index contributed by atoms with van der Waals surface area (Å²) in [5.41, 5.74) is 0. The van der Waals surface area contributed by atoms with Crippen LogP contribution in [0.25, 0.3) is 0 Å². The van der Waals surface area contributed by atoms with Crippen molar-refractivity contribution in [1.82, 2.24) is 0 Å². The Bertz CT molecular complexity index is 460. The van der Waals surface area contributed by atoms with Crippen LogP contribution in [0.2, 0.25) is 0 Å². The van der Waals surface area contributed by atoms with E-state index in [-0.39, 0.29) is 11.9 Å². The van der Waals surface area contributed by atoms with Gasteiger partial charge in [0.25, 0.3) is 0 Å². The minimum absolute atomic E-state index is 0.122. The largest absolute Gasteiger partial charge is 0.530 e. The van der Waals surface area contributed by atoms with Crippen LogP contribution in [0.4, 0.5) is 4.39 Å². The Labute approximate surface area is 112 Å². The summed E-state index contributed by atoms with van der Waals surface area (Å²) in [4.78, 5) is 0. The van der Waals surface area contributed by atoms with E-state index in [2.05, 4.69) is 0 Å². The molecule has 0 bridgehead atoms. The monoisotopic (exact) mass is 288 g/mol. The summed E-state index contributed by atoms with van der Waals surface area (Å²) in [7, 11) is -2.52. The summed E-state index contributed by atoms with van der Waals surface area (Å²) in [5.74, 6) is -0.712. The molecule has 1 aromatic rings. The van der Waals surface area contributed by atoms with Gasteiger partial charge in [-0.05, 0) is 25.0 Å². The minimum Gasteiger partial charge on any atom is -0.401 e. The molecule has 6 heteroatoms. The molecule has 1 unspecified atom stereocenters. The molecule has 1 aromatic carbocycles. The molecule has 1 aliphatic rings. The molecule has 1 aliphatic carbocycles. The van der Waals surface area contributed by atoms with Gasteiger partial charge in [0.05, 0.1) is 6.10 Å². The first-order chi connectivity index (χ1) is 9.13. The van der Waals surface area contributed by atoms with Gasteiger partial charge in [-0.15, -0.1) is 0 Å². The summed E-state index contributed by atoms with van der Waals surface area (Å²) in [6.07, 6.45) is 4.74. The molecule has 0 aromatic heterocycles. The molecule has 0 amide bonds. The first-order valence-corrected chi connectivity index (χ1v) is 7.87. The summed E-state index contributed by atoms with van der Waals surface area (Å²) in [6.45, 7) is 0. The molecular weight excluding hydrogens is 270 g/mol. The molecule has 2 rings (SSSR count). The highest BCUT2D eigenvalue weighted by Crippen LogP contribution is 2.51. The van der Waals surface area contributed by atoms with E-state index < -0.39 is 13.6 Å². The number of phosphoric acid groups is 1. The summed E-state index contributed by atoms with van der Waals surface area (Å²) in [5, 5.41) is 0. The number of para-hydroxylation sites is 1. The highest BCUT2D eigenvalue weighted by Gasteiger charge is 2.32. The van der Waals surface area contributed by atoms with E-state index in [9.17, 15) is 8.96 Å². The van der Waals surface area contributed by atoms with Crippen molar-refractivity contribution in [1.29, 1.82) is 0 Å². The molecule has 1 saturated carbocycles. The SMILES string of the molecule is COP(=O)(Oc1ccccc1F)OC1CCCCC1. The average Bonchev–Trinajstić information content (AvgIpc) is 2.42. The van der Waals surface area contributed by atoms with Crippen molar-refractivity contribution in [3.05, 3.63) is 30.1 Å². The van der Waals surface area contributed by atoms with Gasteiger partial charge < -0.3 is 4.52 Å². The quantitative estimate of drug-likeness (QED) is 0.757. The third-order valence-electron chi connectivity index (χ3n) is 3.10. The van der Waals surface area contributed by atoms with Gasteiger partial charge in [-0.25, -0.2) is 8.96 Å². The normalized spacial score (nSPS) is 19.9. The van der Waals surface area contributed by atoms with Crippen molar-refractivity contribution in [2.75, 3.05) is 7.11 Å². The second-order valence-corrected chi connectivity index (χ2v) is 6.17. The van der Waals surface area contributed by atoms with Crippen LogP contribution in [0.3, 0.4) is 0 Å². The Balaban J connectivity index is 2.05. The second kappa shape index (κ2) is 6.51. The van der Waals surface area contributed by atoms with Crippen LogP contribution in [0, 0.1) is 5.82 Å². The van der Waals surface area contributed by atoms with Crippen LogP contribution in [0.1, 0.15) is 32.1 Å². The predicted molar refractivity (Wildman–Crippen MR) is 69.6 cm³/mol. The molecule has 0 radical (unpaired) electrons. The lowest BCUT2D eigenvalue weighted by Crippen LogP contribution is -2.17. The minimum atomic E-state index is -3.76. The van der Waals surface area contributed by atoms with Gasteiger partial charge in [0, 0.05) is 7.11 Å². The third-order valence-corrected chi connectivity index (χ3v) is 4.52. The van der Waals surface area contributed by atoms with Crippen molar-refractivity contribution >= 4 is 7.82 Å². The zero-order valence-corrected chi connectivity index (χ0v) is 11.8. The zero-order valence-electron chi connectivity index (χ0n) is 10.9. The fraction of sp³-hybridized carbons (Fsp3) is 0.538. The molecule has 0 saturated heterocycles. The Morgan fingerprint density at radius 1 is 1.21 bits per heavy atom. The van der Waals surface area contributed by atoms with Crippen molar-refractivity contribution in [2.45, 2.75) is 38.2 Å². The van der Waals surface area contributed by atoms with E-state index >= 15 is 0 Å². The molecule has 0 N–H and O–H groups in total. The standard InChI is InChI=1S/C13H18FO4P/c1-16-19(15,17-11-7-3-2-4-8-11)18-13-10-6-5-9-12(13)14/h5-6,9-11H,2-4,7-8H2,1H3. The maximum absolute atomic E-state index is 13.5. The van der Waals surface area contributed by atoms with E-state index in [4.69, 9.17) is 13.6 Å². The highest BCUT2D eigenvalue weighted by atomic mass is 31.2. The fourth-order valence-electron chi connectivity index (χ4n) is 2.09. The van der Waals surface area contributed by atoms with E-state index in [0.717, 1.165) is 32.1 Å². The molecule has 19 heavy (non-hydrogen) atoms. The topological polar surface area (TPSA) is 44.8 Å². The number of benzene rings is 1. The van der Waals surface area contributed by atoms with Gasteiger partial charge >= 0.3 is 7.82 Å². The summed E-state index contributed by atoms with van der Waals surface area (Å²) >= 11 is 0. The van der Waals surface area contributed by atoms with E-state index in [1.165, 1.54) is 25.3 Å². The van der Waals surface area contributed by atoms with Crippen LogP contribution in [0.5, 0.6) is 5.75 Å². The van der Waals surface area contributed by atoms with Crippen molar-refractivity contribution in [2.24, 2.45) is 0 Å². The smallest absolute Gasteiger partial charge is 0.401 e. The maximum Gasteiger partial charge on any atom is 0.530 e. The van der Waals surface area contributed by atoms with E-state index in [1.54, 1.807) is 6.07 Å². The van der Waals surface area contributed by atoms with E-state index in [1.807, 2.05) is 0 Å². The van der Waals surface area contributed by atoms with Gasteiger partial charge in [-0.2, -0.15) is 0 Å². The highest BCUT2D eigenvalue weighted by molar-refractivity contribution is 7.48. The lowest BCUT2D eigenvalue weighted by molar-refractivity contribution is 0.0967. The molecular formula is C13H18FO4P. The predicted octanol–water partition coefficient (Wildman–Crippen LogP) is 4.31. The maximum atomic E-state index is 13.5. The first-order valence-electron chi connectivity index (χ1n) is 6.41. The first kappa shape index (κ1) is 14.5. The van der Waals surface area contributed by atoms with Crippen molar-refractivity contribution in [3.8, 4) is 5.75 Å². The number of rotatable bonds is 5. The average molecular weight is 288 g/mol. The van der Waals surface area contributed by atoms with Crippen molar-refractivity contribution in [3.63, 3.8) is 0 Å².